The van der Waals surface area contributed by atoms with Crippen LogP contribution in [0, 0.1) is 0 Å². The monoisotopic (exact) mass is 418 g/mol. The summed E-state index contributed by atoms with van der Waals surface area (Å²) in [6, 6.07) is 44.5. The van der Waals surface area contributed by atoms with E-state index in [0.717, 1.165) is 6.42 Å². The molecule has 1 aliphatic rings. The SMILES string of the molecule is c1ccc2c(-c3ccc4c(c3)Cc3cc(-c5cccc6ccccc56)ccc3-4)cccc2c1. The van der Waals surface area contributed by atoms with Crippen molar-refractivity contribution in [2.75, 3.05) is 0 Å². The largest absolute Gasteiger partial charge is 0.0616 e. The van der Waals surface area contributed by atoms with Gasteiger partial charge in [0.2, 0.25) is 0 Å². The summed E-state index contributed by atoms with van der Waals surface area (Å²) < 4.78 is 0. The molecule has 0 atom stereocenters. The zero-order chi connectivity index (χ0) is 21.8. The second kappa shape index (κ2) is 7.18. The van der Waals surface area contributed by atoms with Gasteiger partial charge in [-0.25, -0.2) is 0 Å². The van der Waals surface area contributed by atoms with Crippen LogP contribution in [-0.4, -0.2) is 0 Å². The van der Waals surface area contributed by atoms with E-state index in [1.807, 2.05) is 0 Å². The van der Waals surface area contributed by atoms with Crippen LogP contribution in [0.25, 0.3) is 54.9 Å². The van der Waals surface area contributed by atoms with Gasteiger partial charge in [-0.15, -0.1) is 0 Å². The van der Waals surface area contributed by atoms with Crippen LogP contribution >= 0.6 is 0 Å². The highest BCUT2D eigenvalue weighted by molar-refractivity contribution is 5.99. The molecule has 0 bridgehead atoms. The molecular formula is C33H22. The second-order valence-electron chi connectivity index (χ2n) is 8.97. The zero-order valence-electron chi connectivity index (χ0n) is 18.3. The summed E-state index contributed by atoms with van der Waals surface area (Å²) >= 11 is 0. The molecule has 0 heteroatoms. The van der Waals surface area contributed by atoms with Crippen LogP contribution in [0.2, 0.25) is 0 Å². The highest BCUT2D eigenvalue weighted by Crippen LogP contribution is 2.42. The van der Waals surface area contributed by atoms with Gasteiger partial charge in [0.25, 0.3) is 0 Å². The van der Waals surface area contributed by atoms with Crippen molar-refractivity contribution in [2.24, 2.45) is 0 Å². The summed E-state index contributed by atoms with van der Waals surface area (Å²) in [7, 11) is 0. The molecule has 6 aromatic rings. The van der Waals surface area contributed by atoms with Gasteiger partial charge in [0.1, 0.15) is 0 Å². The lowest BCUT2D eigenvalue weighted by Gasteiger charge is -2.10. The number of benzene rings is 6. The molecule has 1 aliphatic carbocycles. The van der Waals surface area contributed by atoms with Crippen molar-refractivity contribution in [1.29, 1.82) is 0 Å². The molecule has 0 nitrogen and oxygen atoms in total. The fraction of sp³-hybridized carbons (Fsp3) is 0.0303. The van der Waals surface area contributed by atoms with Crippen LogP contribution in [-0.2, 0) is 6.42 Å². The van der Waals surface area contributed by atoms with Crippen molar-refractivity contribution in [3.63, 3.8) is 0 Å². The van der Waals surface area contributed by atoms with Crippen molar-refractivity contribution in [3.8, 4) is 33.4 Å². The van der Waals surface area contributed by atoms with E-state index in [0.29, 0.717) is 0 Å². The van der Waals surface area contributed by atoms with Crippen molar-refractivity contribution in [3.05, 3.63) is 132 Å². The normalized spacial score (nSPS) is 12.1. The fourth-order valence-corrected chi connectivity index (χ4v) is 5.50. The lowest BCUT2D eigenvalue weighted by molar-refractivity contribution is 1.26. The molecule has 0 aromatic heterocycles. The first-order valence-electron chi connectivity index (χ1n) is 11.6. The molecule has 0 spiro atoms. The summed E-state index contributed by atoms with van der Waals surface area (Å²) in [5.41, 5.74) is 10.8. The van der Waals surface area contributed by atoms with Crippen molar-refractivity contribution >= 4 is 21.5 Å². The van der Waals surface area contributed by atoms with E-state index >= 15 is 0 Å². The van der Waals surface area contributed by atoms with Crippen molar-refractivity contribution in [1.82, 2.24) is 0 Å². The third kappa shape index (κ3) is 2.92. The summed E-state index contributed by atoms with van der Waals surface area (Å²) in [4.78, 5) is 0. The summed E-state index contributed by atoms with van der Waals surface area (Å²) in [6.07, 6.45) is 0.988. The van der Waals surface area contributed by atoms with E-state index in [1.54, 1.807) is 0 Å². The third-order valence-electron chi connectivity index (χ3n) is 7.08. The average molecular weight is 419 g/mol. The van der Waals surface area contributed by atoms with Crippen LogP contribution in [0.3, 0.4) is 0 Å². The van der Waals surface area contributed by atoms with Crippen LogP contribution in [0.1, 0.15) is 11.1 Å². The standard InChI is InChI=1S/C33H22/c1-3-11-28-22(7-1)9-5-13-30(28)24-15-17-32-26(19-24)21-27-20-25(16-18-33(27)32)31-14-6-10-23-8-2-4-12-29(23)31/h1-20H,21H2. The van der Waals surface area contributed by atoms with E-state index in [2.05, 4.69) is 121 Å². The molecule has 0 saturated carbocycles. The van der Waals surface area contributed by atoms with E-state index in [9.17, 15) is 0 Å². The maximum absolute atomic E-state index is 2.40. The Balaban J connectivity index is 1.31. The first kappa shape index (κ1) is 18.4. The minimum atomic E-state index is 0.988. The van der Waals surface area contributed by atoms with Crippen LogP contribution in [0.5, 0.6) is 0 Å². The molecule has 0 saturated heterocycles. The Hall–Kier alpha value is -4.16. The van der Waals surface area contributed by atoms with Crippen LogP contribution in [0.4, 0.5) is 0 Å². The quantitative estimate of drug-likeness (QED) is 0.263. The highest BCUT2D eigenvalue weighted by Gasteiger charge is 2.20. The van der Waals surface area contributed by atoms with Crippen LogP contribution in [0.15, 0.2) is 121 Å². The molecule has 33 heavy (non-hydrogen) atoms. The summed E-state index contributed by atoms with van der Waals surface area (Å²) in [6.45, 7) is 0. The average Bonchev–Trinajstić information content (AvgIpc) is 3.25. The van der Waals surface area contributed by atoms with E-state index in [-0.39, 0.29) is 0 Å². The topological polar surface area (TPSA) is 0 Å². The van der Waals surface area contributed by atoms with Gasteiger partial charge < -0.3 is 0 Å². The van der Waals surface area contributed by atoms with Gasteiger partial charge in [-0.1, -0.05) is 121 Å². The lowest BCUT2D eigenvalue weighted by Crippen LogP contribution is -1.86. The number of hydrogen-bond donors (Lipinski definition) is 0. The number of fused-ring (bicyclic) bond motifs is 5. The minimum absolute atomic E-state index is 0.988. The molecule has 0 fully saturated rings. The van der Waals surface area contributed by atoms with Gasteiger partial charge in [0.15, 0.2) is 0 Å². The van der Waals surface area contributed by atoms with Gasteiger partial charge in [-0.05, 0) is 72.5 Å². The van der Waals surface area contributed by atoms with Gasteiger partial charge in [-0.2, -0.15) is 0 Å². The molecule has 154 valence electrons. The Morgan fingerprint density at radius 1 is 0.364 bits per heavy atom. The first-order chi connectivity index (χ1) is 16.3. The smallest absolute Gasteiger partial charge is 0.00130 e. The molecule has 0 unspecified atom stereocenters. The van der Waals surface area contributed by atoms with Crippen LogP contribution < -0.4 is 0 Å². The zero-order valence-corrected chi connectivity index (χ0v) is 18.3. The molecule has 0 aliphatic heterocycles. The van der Waals surface area contributed by atoms with Crippen molar-refractivity contribution in [2.45, 2.75) is 6.42 Å². The predicted molar refractivity (Wildman–Crippen MR) is 141 cm³/mol. The molecule has 6 aromatic carbocycles. The molecule has 7 rings (SSSR count). The van der Waals surface area contributed by atoms with Gasteiger partial charge >= 0.3 is 0 Å². The molecule has 0 amide bonds. The van der Waals surface area contributed by atoms with Gasteiger partial charge in [0.05, 0.1) is 0 Å². The number of rotatable bonds is 2. The summed E-state index contributed by atoms with van der Waals surface area (Å²) in [5.74, 6) is 0. The highest BCUT2D eigenvalue weighted by atomic mass is 14.2. The summed E-state index contributed by atoms with van der Waals surface area (Å²) in [5, 5.41) is 5.21. The molecular weight excluding hydrogens is 396 g/mol. The van der Waals surface area contributed by atoms with Gasteiger partial charge in [0, 0.05) is 0 Å². The maximum atomic E-state index is 2.40. The Morgan fingerprint density at radius 3 is 1.33 bits per heavy atom. The Bertz CT molecular complexity index is 1550. The predicted octanol–water partition coefficient (Wildman–Crippen LogP) is 8.90. The molecule has 0 radical (unpaired) electrons. The Labute approximate surface area is 193 Å². The van der Waals surface area contributed by atoms with E-state index < -0.39 is 0 Å². The molecule has 0 heterocycles. The second-order valence-corrected chi connectivity index (χ2v) is 8.97. The Morgan fingerprint density at radius 2 is 0.818 bits per heavy atom. The lowest BCUT2D eigenvalue weighted by atomic mass is 9.94. The van der Waals surface area contributed by atoms with E-state index in [1.165, 1.54) is 66.1 Å². The van der Waals surface area contributed by atoms with E-state index in [4.69, 9.17) is 0 Å². The number of hydrogen-bond acceptors (Lipinski definition) is 0. The Kier molecular flexibility index (Phi) is 4.01. The third-order valence-corrected chi connectivity index (χ3v) is 7.08. The van der Waals surface area contributed by atoms with Gasteiger partial charge in [-0.3, -0.25) is 0 Å². The van der Waals surface area contributed by atoms with Crippen molar-refractivity contribution < 1.29 is 0 Å². The maximum Gasteiger partial charge on any atom is -0.00130 e. The first-order valence-corrected chi connectivity index (χ1v) is 11.6. The fourth-order valence-electron chi connectivity index (χ4n) is 5.50. The molecule has 0 N–H and O–H groups in total. The minimum Gasteiger partial charge on any atom is -0.0616 e.